The fourth-order valence-electron chi connectivity index (χ4n) is 3.31. The molecule has 1 aromatic carbocycles. The fourth-order valence-corrected chi connectivity index (χ4v) is 4.74. The normalized spacial score (nSPS) is 12.7. The fraction of sp³-hybridized carbons (Fsp3) is 0.263. The molecule has 0 aliphatic heterocycles. The highest BCUT2D eigenvalue weighted by atomic mass is 32.1. The van der Waals surface area contributed by atoms with E-state index in [4.69, 9.17) is 12.2 Å². The van der Waals surface area contributed by atoms with Gasteiger partial charge in [-0.15, -0.1) is 11.3 Å². The van der Waals surface area contributed by atoms with Crippen LogP contribution >= 0.6 is 23.6 Å². The van der Waals surface area contributed by atoms with Crippen molar-refractivity contribution in [1.82, 2.24) is 20.4 Å². The number of aromatic amines is 1. The Hall–Kier alpha value is -2.78. The van der Waals surface area contributed by atoms with Crippen LogP contribution in [0.25, 0.3) is 10.9 Å². The first-order valence-corrected chi connectivity index (χ1v) is 10.2. The topological polar surface area (TPSA) is 96.0 Å². The lowest BCUT2D eigenvalue weighted by molar-refractivity contribution is -0.122. The van der Waals surface area contributed by atoms with Gasteiger partial charge in [-0.3, -0.25) is 29.8 Å². The van der Waals surface area contributed by atoms with E-state index < -0.39 is 5.91 Å². The number of carbonyl (C=O) groups is 2. The van der Waals surface area contributed by atoms with Crippen LogP contribution < -0.4 is 16.4 Å². The molecule has 0 radical (unpaired) electrons. The first kappa shape index (κ1) is 18.6. The molecule has 4 rings (SSSR count). The molecule has 1 aliphatic rings. The number of fused-ring (bicyclic) bond motifs is 2. The van der Waals surface area contributed by atoms with Crippen molar-refractivity contribution in [2.24, 2.45) is 0 Å². The van der Waals surface area contributed by atoms with E-state index in [0.29, 0.717) is 15.8 Å². The van der Waals surface area contributed by atoms with Crippen molar-refractivity contribution in [1.29, 1.82) is 0 Å². The zero-order valence-electron chi connectivity index (χ0n) is 14.9. The maximum atomic E-state index is 12.6. The van der Waals surface area contributed by atoms with Crippen molar-refractivity contribution in [3.8, 4) is 0 Å². The molecule has 28 heavy (non-hydrogen) atoms. The van der Waals surface area contributed by atoms with Crippen LogP contribution in [0.3, 0.4) is 0 Å². The summed E-state index contributed by atoms with van der Waals surface area (Å²) in [7, 11) is 0. The molecule has 3 aromatic rings. The molecular formula is C19H18N4O3S2. The third-order valence-electron chi connectivity index (χ3n) is 4.74. The van der Waals surface area contributed by atoms with Gasteiger partial charge in [0.1, 0.15) is 0 Å². The number of hydrogen-bond donors (Lipinski definition) is 3. The van der Waals surface area contributed by atoms with Gasteiger partial charge in [0.2, 0.25) is 5.91 Å². The van der Waals surface area contributed by atoms with Crippen molar-refractivity contribution in [3.63, 3.8) is 0 Å². The van der Waals surface area contributed by atoms with E-state index in [1.807, 2.05) is 12.1 Å². The number of hydrazine groups is 1. The highest BCUT2D eigenvalue weighted by molar-refractivity contribution is 7.71. The molecule has 0 spiro atoms. The molecule has 2 aromatic heterocycles. The average molecular weight is 415 g/mol. The Balaban J connectivity index is 1.37. The first-order valence-electron chi connectivity index (χ1n) is 8.95. The second-order valence-corrected chi connectivity index (χ2v) is 8.12. The highest BCUT2D eigenvalue weighted by Crippen LogP contribution is 2.30. The van der Waals surface area contributed by atoms with Gasteiger partial charge in [0.05, 0.1) is 15.8 Å². The number of aromatic nitrogens is 2. The monoisotopic (exact) mass is 414 g/mol. The minimum absolute atomic E-state index is 0.0109. The van der Waals surface area contributed by atoms with Crippen LogP contribution in [0.5, 0.6) is 0 Å². The minimum atomic E-state index is -0.396. The standard InChI is InChI=1S/C19H18N4O3S2/c24-16(21-22-17(25)15-10-11-4-3-7-14(11)28-15)8-9-23-18(26)12-5-1-2-6-13(12)20-19(23)27/h1-2,5-6,10H,3-4,7-9H2,(H,20,27)(H,21,24)(H,22,25). The van der Waals surface area contributed by atoms with Gasteiger partial charge in [-0.05, 0) is 55.2 Å². The molecule has 9 heteroatoms. The van der Waals surface area contributed by atoms with Crippen molar-refractivity contribution in [3.05, 3.63) is 60.8 Å². The Morgan fingerprint density at radius 1 is 1.21 bits per heavy atom. The summed E-state index contributed by atoms with van der Waals surface area (Å²) in [5, 5.41) is 0.510. The third kappa shape index (κ3) is 3.63. The number of para-hydroxylation sites is 1. The zero-order valence-corrected chi connectivity index (χ0v) is 16.5. The van der Waals surface area contributed by atoms with E-state index in [2.05, 4.69) is 15.8 Å². The van der Waals surface area contributed by atoms with Gasteiger partial charge in [0.15, 0.2) is 4.77 Å². The first-order chi connectivity index (χ1) is 13.5. The number of hydrogen-bond acceptors (Lipinski definition) is 5. The van der Waals surface area contributed by atoms with Crippen LogP contribution in [-0.4, -0.2) is 21.4 Å². The van der Waals surface area contributed by atoms with Crippen molar-refractivity contribution in [2.45, 2.75) is 32.2 Å². The molecule has 0 fully saturated rings. The van der Waals surface area contributed by atoms with Crippen LogP contribution in [0.1, 0.15) is 33.0 Å². The number of thiophene rings is 1. The largest absolute Gasteiger partial charge is 0.332 e. The SMILES string of the molecule is O=C(CCn1c(=S)[nH]c2ccccc2c1=O)NNC(=O)c1cc2c(s1)CCC2. The van der Waals surface area contributed by atoms with E-state index >= 15 is 0 Å². The summed E-state index contributed by atoms with van der Waals surface area (Å²) in [6.07, 6.45) is 3.17. The van der Waals surface area contributed by atoms with Crippen molar-refractivity contribution >= 4 is 46.3 Å². The molecule has 3 N–H and O–H groups in total. The Labute approximate surface area is 169 Å². The molecule has 0 saturated carbocycles. The summed E-state index contributed by atoms with van der Waals surface area (Å²) in [6, 6.07) is 8.96. The number of rotatable bonds is 4. The Bertz CT molecular complexity index is 1170. The van der Waals surface area contributed by atoms with Gasteiger partial charge >= 0.3 is 0 Å². The average Bonchev–Trinajstić information content (AvgIpc) is 3.28. The van der Waals surface area contributed by atoms with Crippen LogP contribution in [0.15, 0.2) is 35.1 Å². The van der Waals surface area contributed by atoms with Gasteiger partial charge in [0, 0.05) is 17.8 Å². The molecule has 0 atom stereocenters. The van der Waals surface area contributed by atoms with E-state index in [-0.39, 0.29) is 29.2 Å². The maximum absolute atomic E-state index is 12.6. The second kappa shape index (κ2) is 7.69. The number of aryl methyl sites for hydroxylation is 2. The smallest absolute Gasteiger partial charge is 0.279 e. The summed E-state index contributed by atoms with van der Waals surface area (Å²) in [6.45, 7) is 0.119. The van der Waals surface area contributed by atoms with Crippen LogP contribution in [0.2, 0.25) is 0 Å². The quantitative estimate of drug-likeness (QED) is 0.451. The van der Waals surface area contributed by atoms with Crippen molar-refractivity contribution in [2.75, 3.05) is 0 Å². The number of H-pyrrole nitrogens is 1. The van der Waals surface area contributed by atoms with Crippen LogP contribution in [0, 0.1) is 4.77 Å². The van der Waals surface area contributed by atoms with Gasteiger partial charge in [-0.1, -0.05) is 12.1 Å². The second-order valence-electron chi connectivity index (χ2n) is 6.60. The lowest BCUT2D eigenvalue weighted by atomic mass is 10.2. The molecule has 7 nitrogen and oxygen atoms in total. The molecular weight excluding hydrogens is 396 g/mol. The minimum Gasteiger partial charge on any atom is -0.332 e. The maximum Gasteiger partial charge on any atom is 0.279 e. The predicted octanol–water partition coefficient (Wildman–Crippen LogP) is 2.46. The summed E-state index contributed by atoms with van der Waals surface area (Å²) in [5.74, 6) is -0.722. The molecule has 2 amide bonds. The summed E-state index contributed by atoms with van der Waals surface area (Å²) in [4.78, 5) is 41.7. The highest BCUT2D eigenvalue weighted by Gasteiger charge is 2.18. The Kier molecular flexibility index (Phi) is 5.10. The van der Waals surface area contributed by atoms with Crippen LogP contribution in [-0.2, 0) is 24.2 Å². The number of amides is 2. The number of carbonyl (C=O) groups excluding carboxylic acids is 2. The molecule has 0 unspecified atom stereocenters. The van der Waals surface area contributed by atoms with Crippen molar-refractivity contribution < 1.29 is 9.59 Å². The molecule has 1 aliphatic carbocycles. The van der Waals surface area contributed by atoms with Gasteiger partial charge in [-0.2, -0.15) is 0 Å². The summed E-state index contributed by atoms with van der Waals surface area (Å²) >= 11 is 6.70. The predicted molar refractivity (Wildman–Crippen MR) is 110 cm³/mol. The Morgan fingerprint density at radius 3 is 2.86 bits per heavy atom. The number of nitrogens with zero attached hydrogens (tertiary/aromatic N) is 1. The van der Waals surface area contributed by atoms with E-state index in [1.54, 1.807) is 18.2 Å². The summed E-state index contributed by atoms with van der Waals surface area (Å²) in [5.41, 5.74) is 6.48. The molecule has 0 saturated heterocycles. The van der Waals surface area contributed by atoms with E-state index in [9.17, 15) is 14.4 Å². The molecule has 0 bridgehead atoms. The van der Waals surface area contributed by atoms with Gasteiger partial charge in [-0.25, -0.2) is 0 Å². The molecule has 2 heterocycles. The number of benzene rings is 1. The van der Waals surface area contributed by atoms with Crippen LogP contribution in [0.4, 0.5) is 0 Å². The third-order valence-corrected chi connectivity index (χ3v) is 6.30. The molecule has 144 valence electrons. The zero-order chi connectivity index (χ0) is 19.7. The summed E-state index contributed by atoms with van der Waals surface area (Å²) < 4.78 is 1.61. The lowest BCUT2D eigenvalue weighted by Gasteiger charge is -2.09. The van der Waals surface area contributed by atoms with Gasteiger partial charge < -0.3 is 4.98 Å². The Morgan fingerprint density at radius 2 is 2.04 bits per heavy atom. The van der Waals surface area contributed by atoms with E-state index in [0.717, 1.165) is 19.3 Å². The van der Waals surface area contributed by atoms with Gasteiger partial charge in [0.25, 0.3) is 11.5 Å². The van der Waals surface area contributed by atoms with E-state index in [1.165, 1.54) is 26.3 Å². The number of nitrogens with one attached hydrogen (secondary N) is 3. The lowest BCUT2D eigenvalue weighted by Crippen LogP contribution is -2.42.